The van der Waals surface area contributed by atoms with Gasteiger partial charge in [0.1, 0.15) is 22.7 Å². The highest BCUT2D eigenvalue weighted by molar-refractivity contribution is 5.47. The topological polar surface area (TPSA) is 75.0 Å². The van der Waals surface area contributed by atoms with Gasteiger partial charge in [0.2, 0.25) is 0 Å². The molecule has 2 aromatic carbocycles. The van der Waals surface area contributed by atoms with Crippen molar-refractivity contribution in [2.45, 2.75) is 0 Å². The maximum absolute atomic E-state index is 12.1. The predicted octanol–water partition coefficient (Wildman–Crippen LogP) is 0.709. The summed E-state index contributed by atoms with van der Waals surface area (Å²) in [5.41, 5.74) is 0.00462. The first-order valence-electron chi connectivity index (χ1n) is 7.04. The number of H-pyrrole nitrogens is 2. The minimum Gasteiger partial charge on any atom is -0.463 e. The largest absolute Gasteiger partial charge is 0.463 e. The lowest BCUT2D eigenvalue weighted by Gasteiger charge is -1.98. The van der Waals surface area contributed by atoms with Gasteiger partial charge < -0.3 is 14.7 Å². The minimum absolute atomic E-state index is 0.0593. The van der Waals surface area contributed by atoms with E-state index in [1.165, 1.54) is 6.26 Å². The molecule has 0 aliphatic rings. The molecule has 0 bridgehead atoms. The molecule has 3 aromatic rings. The summed E-state index contributed by atoms with van der Waals surface area (Å²) < 4.78 is 5.36. The van der Waals surface area contributed by atoms with E-state index in [1.54, 1.807) is 18.2 Å². The van der Waals surface area contributed by atoms with E-state index in [9.17, 15) is 9.59 Å². The first kappa shape index (κ1) is 14.6. The summed E-state index contributed by atoms with van der Waals surface area (Å²) in [4.78, 5) is 29.2. The fraction of sp³-hybridized carbons (Fsp3) is 0. The van der Waals surface area contributed by atoms with E-state index < -0.39 is 11.1 Å². The molecule has 0 amide bonds. The molecule has 0 unspecified atom stereocenters. The summed E-state index contributed by atoms with van der Waals surface area (Å²) in [5.74, 6) is 0.577. The fourth-order valence-electron chi connectivity index (χ4n) is 2.02. The van der Waals surface area contributed by atoms with Gasteiger partial charge >= 0.3 is 0 Å². The van der Waals surface area contributed by atoms with Crippen molar-refractivity contribution in [3.05, 3.63) is 97.6 Å². The van der Waals surface area contributed by atoms with Gasteiger partial charge in [0.15, 0.2) is 0 Å². The Morgan fingerprint density at radius 1 is 0.739 bits per heavy atom. The van der Waals surface area contributed by atoms with Crippen LogP contribution in [0.3, 0.4) is 0 Å². The molecular formula is C18H14N2O3. The molecule has 0 saturated carbocycles. The maximum atomic E-state index is 12.1. The lowest BCUT2D eigenvalue weighted by Crippen LogP contribution is -2.47. The monoisotopic (exact) mass is 306 g/mol. The highest BCUT2D eigenvalue weighted by Gasteiger charge is 1.97. The molecule has 0 fully saturated rings. The van der Waals surface area contributed by atoms with Crippen LogP contribution in [0.15, 0.2) is 70.3 Å². The molecule has 5 heteroatoms. The van der Waals surface area contributed by atoms with E-state index in [0.717, 1.165) is 5.56 Å². The Kier molecular flexibility index (Phi) is 4.20. The number of nitrogens with one attached hydrogen (secondary N) is 2. The number of hydrogen-bond acceptors (Lipinski definition) is 3. The second kappa shape index (κ2) is 6.62. The Bertz CT molecular complexity index is 1020. The molecule has 0 radical (unpaired) electrons. The van der Waals surface area contributed by atoms with Crippen LogP contribution in [-0.4, -0.2) is 9.97 Å². The number of para-hydroxylation sites is 1. The van der Waals surface area contributed by atoms with Crippen LogP contribution in [-0.2, 0) is 0 Å². The second-order valence-electron chi connectivity index (χ2n) is 4.84. The van der Waals surface area contributed by atoms with E-state index in [4.69, 9.17) is 4.74 Å². The fourth-order valence-corrected chi connectivity index (χ4v) is 2.02. The highest BCUT2D eigenvalue weighted by Crippen LogP contribution is 2.07. The average molecular weight is 306 g/mol. The molecule has 0 aliphatic heterocycles. The van der Waals surface area contributed by atoms with Crippen molar-refractivity contribution in [1.82, 2.24) is 9.97 Å². The minimum atomic E-state index is -0.428. The summed E-state index contributed by atoms with van der Waals surface area (Å²) in [6.07, 6.45) is 2.84. The van der Waals surface area contributed by atoms with E-state index in [1.807, 2.05) is 48.5 Å². The smallest absolute Gasteiger partial charge is 0.275 e. The molecule has 3 rings (SSSR count). The van der Waals surface area contributed by atoms with Crippen LogP contribution >= 0.6 is 0 Å². The summed E-state index contributed by atoms with van der Waals surface area (Å²) >= 11 is 0. The Labute approximate surface area is 131 Å². The highest BCUT2D eigenvalue weighted by atomic mass is 16.5. The number of hydrogen-bond donors (Lipinski definition) is 2. The third kappa shape index (κ3) is 3.65. The van der Waals surface area contributed by atoms with E-state index >= 15 is 0 Å². The summed E-state index contributed by atoms with van der Waals surface area (Å²) in [7, 11) is 0. The van der Waals surface area contributed by atoms with Crippen molar-refractivity contribution in [3.63, 3.8) is 0 Å². The molecule has 1 heterocycles. The first-order chi connectivity index (χ1) is 11.2. The van der Waals surface area contributed by atoms with Gasteiger partial charge in [-0.2, -0.15) is 0 Å². The molecule has 0 aliphatic carbocycles. The third-order valence-electron chi connectivity index (χ3n) is 3.15. The number of rotatable bonds is 3. The van der Waals surface area contributed by atoms with E-state index in [2.05, 4.69) is 9.97 Å². The van der Waals surface area contributed by atoms with Crippen molar-refractivity contribution in [2.75, 3.05) is 0 Å². The van der Waals surface area contributed by atoms with Crippen molar-refractivity contribution < 1.29 is 4.74 Å². The average Bonchev–Trinajstić information content (AvgIpc) is 2.58. The van der Waals surface area contributed by atoms with Gasteiger partial charge in [-0.1, -0.05) is 48.5 Å². The van der Waals surface area contributed by atoms with Crippen molar-refractivity contribution in [1.29, 1.82) is 0 Å². The Morgan fingerprint density at radius 2 is 1.30 bits per heavy atom. The number of aromatic amines is 2. The zero-order valence-corrected chi connectivity index (χ0v) is 12.2. The molecule has 1 aromatic heterocycles. The molecule has 2 N–H and O–H groups in total. The number of aromatic nitrogens is 2. The molecule has 114 valence electrons. The van der Waals surface area contributed by atoms with Crippen LogP contribution in [0.2, 0.25) is 0 Å². The lowest BCUT2D eigenvalue weighted by atomic mass is 10.2. The molecular weight excluding hydrogens is 292 g/mol. The first-order valence-corrected chi connectivity index (χ1v) is 7.04. The second-order valence-corrected chi connectivity index (χ2v) is 4.84. The summed E-state index contributed by atoms with van der Waals surface area (Å²) in [6.45, 7) is 0. The van der Waals surface area contributed by atoms with Crippen LogP contribution in [0.1, 0.15) is 5.56 Å². The third-order valence-corrected chi connectivity index (χ3v) is 3.15. The predicted molar refractivity (Wildman–Crippen MR) is 88.5 cm³/mol. The molecule has 5 nitrogen and oxygen atoms in total. The quantitative estimate of drug-likeness (QED) is 0.748. The van der Waals surface area contributed by atoms with E-state index in [-0.39, 0.29) is 10.7 Å². The standard InChI is InChI=1S/C18H14N2O3/c21-17-15(11-13-7-3-1-4-8-13)19-18(22)16(20-17)12-23-14-9-5-2-6-10-14/h1-12H,(H,19,22)(H,20,21). The zero-order valence-electron chi connectivity index (χ0n) is 12.2. The Hall–Kier alpha value is -3.34. The zero-order chi connectivity index (χ0) is 16.1. The van der Waals surface area contributed by atoms with E-state index in [0.29, 0.717) is 5.75 Å². The Balaban J connectivity index is 2.00. The van der Waals surface area contributed by atoms with Crippen LogP contribution in [0.4, 0.5) is 0 Å². The molecule has 23 heavy (non-hydrogen) atoms. The van der Waals surface area contributed by atoms with Crippen molar-refractivity contribution in [2.24, 2.45) is 0 Å². The van der Waals surface area contributed by atoms with Crippen LogP contribution in [0.25, 0.3) is 12.3 Å². The number of ether oxygens (including phenoxy) is 1. The van der Waals surface area contributed by atoms with Gasteiger partial charge in [-0.05, 0) is 23.8 Å². The normalized spacial score (nSPS) is 12.3. The number of benzene rings is 2. The SMILES string of the molecule is O=c1[nH]c(=Cc2ccccc2)c(=O)[nH]c1=COc1ccccc1. The summed E-state index contributed by atoms with van der Waals surface area (Å²) in [5, 5.41) is 0.252. The van der Waals surface area contributed by atoms with Gasteiger partial charge in [0.25, 0.3) is 11.1 Å². The van der Waals surface area contributed by atoms with Gasteiger partial charge in [0.05, 0.1) is 0 Å². The van der Waals surface area contributed by atoms with Crippen LogP contribution in [0, 0.1) is 0 Å². The lowest BCUT2D eigenvalue weighted by molar-refractivity contribution is 0.537. The molecule has 0 saturated heterocycles. The van der Waals surface area contributed by atoms with Crippen LogP contribution < -0.4 is 26.6 Å². The molecule has 0 spiro atoms. The van der Waals surface area contributed by atoms with Crippen molar-refractivity contribution >= 4 is 12.3 Å². The van der Waals surface area contributed by atoms with Gasteiger partial charge in [-0.3, -0.25) is 9.59 Å². The maximum Gasteiger partial charge on any atom is 0.275 e. The van der Waals surface area contributed by atoms with Gasteiger partial charge in [-0.15, -0.1) is 0 Å². The summed E-state index contributed by atoms with van der Waals surface area (Å²) in [6, 6.07) is 18.3. The molecule has 0 atom stereocenters. The Morgan fingerprint density at radius 3 is 2.00 bits per heavy atom. The van der Waals surface area contributed by atoms with Crippen LogP contribution in [0.5, 0.6) is 5.75 Å². The van der Waals surface area contributed by atoms with Gasteiger partial charge in [-0.25, -0.2) is 0 Å². The van der Waals surface area contributed by atoms with Gasteiger partial charge in [0, 0.05) is 0 Å². The van der Waals surface area contributed by atoms with Crippen molar-refractivity contribution in [3.8, 4) is 5.75 Å².